The number of rotatable bonds is 16. The number of nitrogens with zero attached hydrogens (tertiary/aromatic N) is 1. The Morgan fingerprint density at radius 1 is 0.825 bits per heavy atom. The summed E-state index contributed by atoms with van der Waals surface area (Å²) in [7, 11) is -4.65. The van der Waals surface area contributed by atoms with Gasteiger partial charge in [0, 0.05) is 42.0 Å². The van der Waals surface area contributed by atoms with Crippen LogP contribution in [0.4, 0.5) is 10.1 Å². The second-order valence-corrected chi connectivity index (χ2v) is 24.3. The van der Waals surface area contributed by atoms with E-state index in [2.05, 4.69) is 33.9 Å². The van der Waals surface area contributed by atoms with Crippen molar-refractivity contribution in [2.75, 3.05) is 24.9 Å². The number of para-hydroxylation sites is 1. The minimum absolute atomic E-state index is 0.0874. The van der Waals surface area contributed by atoms with Crippen LogP contribution in [0.5, 0.6) is 5.75 Å². The molecule has 12 heteroatoms. The number of halogens is 1. The molecule has 5 aromatic rings. The van der Waals surface area contributed by atoms with E-state index >= 15 is 0 Å². The number of benzene rings is 5. The zero-order chi connectivity index (χ0) is 41.0. The number of anilines is 1. The molecule has 1 fully saturated rings. The zero-order valence-electron chi connectivity index (χ0n) is 33.5. The van der Waals surface area contributed by atoms with E-state index in [0.717, 1.165) is 27.8 Å². The summed E-state index contributed by atoms with van der Waals surface area (Å²) < 4.78 is 65.4. The molecule has 1 heterocycles. The quantitative estimate of drug-likeness (QED) is 0.0556. The van der Waals surface area contributed by atoms with Crippen LogP contribution in [0.3, 0.4) is 0 Å². The van der Waals surface area contributed by atoms with E-state index < -0.39 is 44.1 Å². The van der Waals surface area contributed by atoms with Crippen molar-refractivity contribution in [3.63, 3.8) is 0 Å². The van der Waals surface area contributed by atoms with E-state index in [1.807, 2.05) is 91.0 Å². The molecule has 1 unspecified atom stereocenters. The van der Waals surface area contributed by atoms with E-state index in [0.29, 0.717) is 23.2 Å². The van der Waals surface area contributed by atoms with Crippen molar-refractivity contribution in [2.24, 2.45) is 0 Å². The van der Waals surface area contributed by atoms with Gasteiger partial charge in [-0.15, -0.1) is 0 Å². The minimum atomic E-state index is -3.44. The molecule has 0 radical (unpaired) electrons. The van der Waals surface area contributed by atoms with Gasteiger partial charge in [0.05, 0.1) is 17.5 Å². The molecule has 300 valence electrons. The molecule has 8 nitrogen and oxygen atoms in total. The van der Waals surface area contributed by atoms with Gasteiger partial charge in [-0.05, 0) is 89.3 Å². The molecule has 5 aromatic carbocycles. The van der Waals surface area contributed by atoms with Gasteiger partial charge in [-0.1, -0.05) is 106 Å². The first-order valence-electron chi connectivity index (χ1n) is 19.0. The number of carbonyl (C=O) groups excluding carboxylic acids is 1. The van der Waals surface area contributed by atoms with Crippen molar-refractivity contribution in [2.45, 2.75) is 69.3 Å². The van der Waals surface area contributed by atoms with Gasteiger partial charge in [0.1, 0.15) is 23.4 Å². The monoisotopic (exact) mass is 827 g/mol. The maximum Gasteiger partial charge on any atom is 0.360 e. The van der Waals surface area contributed by atoms with Crippen molar-refractivity contribution in [3.8, 4) is 16.9 Å². The molecular formula is C45H51FNO7PSSi. The third kappa shape index (κ3) is 9.41. The summed E-state index contributed by atoms with van der Waals surface area (Å²) in [5, 5.41) is -0.509. The Kier molecular flexibility index (Phi) is 13.2. The van der Waals surface area contributed by atoms with Gasteiger partial charge in [-0.2, -0.15) is 0 Å². The summed E-state index contributed by atoms with van der Waals surface area (Å²) >= 11 is 0. The van der Waals surface area contributed by atoms with Crippen molar-refractivity contribution in [1.29, 1.82) is 0 Å². The Morgan fingerprint density at radius 3 is 2.02 bits per heavy atom. The summed E-state index contributed by atoms with van der Waals surface area (Å²) in [5.41, 5.74) is 4.87. The fraction of sp³-hybridized carbons (Fsp3) is 0.311. The van der Waals surface area contributed by atoms with Gasteiger partial charge in [0.15, 0.2) is 8.32 Å². The van der Waals surface area contributed by atoms with Crippen molar-refractivity contribution < 1.29 is 36.2 Å². The highest BCUT2D eigenvalue weighted by atomic mass is 32.2. The lowest BCUT2D eigenvalue weighted by atomic mass is 9.90. The molecule has 4 atom stereocenters. The number of amides is 1. The number of hydrogen-bond donors (Lipinski definition) is 0. The standard InChI is InChI=1S/C45H51FNO7PSSi/c1-45(2,3)57(6,7)54-40(34-18-23-36(46)24-19-34)28-29-56(50)43-42(47(44(43)48)37-16-12-9-13-17-37)39-27-22-35(30-41(39)53-31-32-14-10-8-11-15-32)33-20-25-38(26-21-33)55(49,51-4)52-5/h8-27,30,40,42-43H,28-29,31H2,1-7H3/t40-,42-,43-,56?/m1/s1. The van der Waals surface area contributed by atoms with Crippen LogP contribution in [0, 0.1) is 5.82 Å². The molecule has 0 aliphatic carbocycles. The summed E-state index contributed by atoms with van der Waals surface area (Å²) in [6, 6.07) is 37.9. The highest BCUT2D eigenvalue weighted by molar-refractivity contribution is 7.86. The lowest BCUT2D eigenvalue weighted by Crippen LogP contribution is -2.61. The predicted octanol–water partition coefficient (Wildman–Crippen LogP) is 10.5. The number of β-lactam (4-membered cyclic amide) rings is 1. The molecule has 1 saturated heterocycles. The van der Waals surface area contributed by atoms with Gasteiger partial charge in [0.25, 0.3) is 0 Å². The average molecular weight is 828 g/mol. The first-order valence-corrected chi connectivity index (χ1v) is 24.8. The number of ether oxygens (including phenoxy) is 1. The Balaban J connectivity index is 1.36. The van der Waals surface area contributed by atoms with Gasteiger partial charge in [-0.3, -0.25) is 13.6 Å². The van der Waals surface area contributed by atoms with E-state index in [9.17, 15) is 18.0 Å². The maximum atomic E-state index is 14.6. The molecule has 1 aliphatic heterocycles. The molecule has 1 aliphatic rings. The Hall–Kier alpha value is -4.22. The Bertz CT molecular complexity index is 2210. The van der Waals surface area contributed by atoms with Gasteiger partial charge >= 0.3 is 7.60 Å². The van der Waals surface area contributed by atoms with Gasteiger partial charge < -0.3 is 23.1 Å². The molecule has 1 amide bonds. The third-order valence-electron chi connectivity index (χ3n) is 11.0. The van der Waals surface area contributed by atoms with Crippen LogP contribution in [0.1, 0.15) is 56.0 Å². The van der Waals surface area contributed by atoms with Crippen molar-refractivity contribution in [3.05, 3.63) is 150 Å². The van der Waals surface area contributed by atoms with E-state index in [4.69, 9.17) is 18.2 Å². The largest absolute Gasteiger partial charge is 0.489 e. The molecule has 0 aromatic heterocycles. The second-order valence-electron chi connectivity index (χ2n) is 15.6. The molecule has 57 heavy (non-hydrogen) atoms. The Labute approximate surface area is 339 Å². The van der Waals surface area contributed by atoms with Gasteiger partial charge in [0.2, 0.25) is 5.91 Å². The van der Waals surface area contributed by atoms with E-state index in [1.54, 1.807) is 29.2 Å². The summed E-state index contributed by atoms with van der Waals surface area (Å²) in [4.78, 5) is 15.9. The van der Waals surface area contributed by atoms with E-state index in [1.165, 1.54) is 26.4 Å². The van der Waals surface area contributed by atoms with Crippen LogP contribution < -0.4 is 14.9 Å². The van der Waals surface area contributed by atoms with E-state index in [-0.39, 0.29) is 29.1 Å². The first-order chi connectivity index (χ1) is 27.2. The SMILES string of the molecule is COP(=O)(OC)c1ccc(-c2ccc([C@@H]3[C@@H](S(=O)CC[C@@H](O[Si](C)(C)C(C)(C)C)c4ccc(F)cc4)C(=O)N3c3ccccc3)c(OCc3ccccc3)c2)cc1. The zero-order valence-corrected chi connectivity index (χ0v) is 36.2. The molecule has 0 saturated carbocycles. The first kappa shape index (κ1) is 42.4. The third-order valence-corrected chi connectivity index (χ3v) is 19.0. The maximum absolute atomic E-state index is 14.6. The normalized spacial score (nSPS) is 17.2. The number of hydrogen-bond acceptors (Lipinski definition) is 7. The van der Waals surface area contributed by atoms with Crippen molar-refractivity contribution in [1.82, 2.24) is 0 Å². The lowest BCUT2D eigenvalue weighted by Gasteiger charge is -2.47. The molecule has 0 spiro atoms. The van der Waals surface area contributed by atoms with Gasteiger partial charge in [-0.25, -0.2) is 4.39 Å². The van der Waals surface area contributed by atoms with Crippen LogP contribution in [0.15, 0.2) is 127 Å². The fourth-order valence-electron chi connectivity index (χ4n) is 6.69. The smallest absolute Gasteiger partial charge is 0.360 e. The summed E-state index contributed by atoms with van der Waals surface area (Å²) in [6.45, 7) is 11.1. The van der Waals surface area contributed by atoms with Crippen molar-refractivity contribution >= 4 is 43.6 Å². The van der Waals surface area contributed by atoms with Crippen LogP contribution in [-0.2, 0) is 40.2 Å². The molecule has 6 rings (SSSR count). The van der Waals surface area contributed by atoms with Crippen LogP contribution in [-0.4, -0.2) is 43.7 Å². The number of carbonyl (C=O) groups is 1. The average Bonchev–Trinajstić information content (AvgIpc) is 3.21. The topological polar surface area (TPSA) is 91.4 Å². The fourth-order valence-corrected chi connectivity index (χ4v) is 10.7. The van der Waals surface area contributed by atoms with Crippen LogP contribution in [0.25, 0.3) is 11.1 Å². The molecular weight excluding hydrogens is 777 g/mol. The van der Waals surface area contributed by atoms with Crippen LogP contribution >= 0.6 is 7.60 Å². The highest BCUT2D eigenvalue weighted by Crippen LogP contribution is 2.48. The predicted molar refractivity (Wildman–Crippen MR) is 229 cm³/mol. The Morgan fingerprint density at radius 2 is 1.42 bits per heavy atom. The minimum Gasteiger partial charge on any atom is -0.489 e. The molecule has 0 N–H and O–H groups in total. The van der Waals surface area contributed by atoms with Crippen LogP contribution in [0.2, 0.25) is 18.1 Å². The molecule has 0 bridgehead atoms. The second kappa shape index (κ2) is 17.7. The highest BCUT2D eigenvalue weighted by Gasteiger charge is 2.53. The lowest BCUT2D eigenvalue weighted by molar-refractivity contribution is -0.123. The summed E-state index contributed by atoms with van der Waals surface area (Å²) in [5.74, 6) is 0.172. The summed E-state index contributed by atoms with van der Waals surface area (Å²) in [6.07, 6.45) is -0.0377.